The van der Waals surface area contributed by atoms with Gasteiger partial charge in [0.15, 0.2) is 0 Å². The predicted molar refractivity (Wildman–Crippen MR) is 449 cm³/mol. The van der Waals surface area contributed by atoms with E-state index >= 15 is 0 Å². The number of para-hydroxylation sites is 6. The Hall–Kier alpha value is -7.94. The van der Waals surface area contributed by atoms with Crippen LogP contribution < -0.4 is 30.2 Å². The third-order valence-corrected chi connectivity index (χ3v) is 26.8. The number of carbonyl (C=O) groups is 6. The Kier molecular flexibility index (Phi) is 32.1. The van der Waals surface area contributed by atoms with Crippen LogP contribution in [0.25, 0.3) is 33.1 Å². The van der Waals surface area contributed by atoms with E-state index in [4.69, 9.17) is 58.3 Å². The van der Waals surface area contributed by atoms with Crippen molar-refractivity contribution >= 4 is 88.0 Å². The summed E-state index contributed by atoms with van der Waals surface area (Å²) in [6.07, 6.45) is 23.5. The normalized spacial score (nSPS) is 30.9. The van der Waals surface area contributed by atoms with Crippen LogP contribution in [0.5, 0.6) is 17.6 Å². The van der Waals surface area contributed by atoms with E-state index in [1.54, 1.807) is 0 Å². The summed E-state index contributed by atoms with van der Waals surface area (Å²) in [5.41, 5.74) is 5.25. The summed E-state index contributed by atoms with van der Waals surface area (Å²) in [7, 11) is 0. The van der Waals surface area contributed by atoms with E-state index in [-0.39, 0.29) is 129 Å². The first-order valence-corrected chi connectivity index (χ1v) is 44.2. The molecule has 3 N–H and O–H groups in total. The second-order valence-corrected chi connectivity index (χ2v) is 38.5. The molecule has 27 nitrogen and oxygen atoms in total. The number of carbonyl (C=O) groups excluding carboxylic acids is 9. The first-order valence-electron chi connectivity index (χ1n) is 44.2. The number of amides is 6. The summed E-state index contributed by atoms with van der Waals surface area (Å²) >= 11 is 0. The summed E-state index contributed by atoms with van der Waals surface area (Å²) < 4.78 is 37.1. The van der Waals surface area contributed by atoms with Crippen molar-refractivity contribution < 1.29 is 127 Å². The molecular weight excluding hydrogens is 1680 g/mol. The number of alkyl carbamates (subject to hydrolysis) is 3. The molecule has 7 fully saturated rings. The maximum absolute atomic E-state index is 14.1. The van der Waals surface area contributed by atoms with Crippen molar-refractivity contribution in [1.82, 2.24) is 60.6 Å². The monoisotopic (exact) mass is 1800 g/mol. The summed E-state index contributed by atoms with van der Waals surface area (Å²) in [6.45, 7) is 23.4. The molecule has 16 rings (SSSR count). The van der Waals surface area contributed by atoms with E-state index in [0.29, 0.717) is 53.7 Å². The van der Waals surface area contributed by atoms with E-state index in [1.165, 1.54) is 21.1 Å². The smallest absolute Gasteiger partial charge is 0.408 e. The van der Waals surface area contributed by atoms with Crippen LogP contribution >= 0.6 is 0 Å². The number of rotatable bonds is 4. The van der Waals surface area contributed by atoms with Gasteiger partial charge in [0, 0.05) is 55.7 Å². The summed E-state index contributed by atoms with van der Waals surface area (Å²) in [6, 6.07) is 18.2. The molecule has 6 amide bonds. The van der Waals surface area contributed by atoms with E-state index < -0.39 is 89.1 Å². The Bertz CT molecular complexity index is 4740. The zero-order valence-corrected chi connectivity index (χ0v) is 77.3. The number of fused-ring (bicyclic) bond motifs is 17. The zero-order valence-electron chi connectivity index (χ0n) is 73.1. The van der Waals surface area contributed by atoms with Crippen LogP contribution in [0.3, 0.4) is 0 Å². The molecule has 123 heavy (non-hydrogen) atoms. The van der Waals surface area contributed by atoms with Crippen molar-refractivity contribution in [1.29, 1.82) is 0 Å². The fraction of sp³-hybridized carbons (Fsp3) is 0.645. The Labute approximate surface area is 758 Å². The van der Waals surface area contributed by atoms with Crippen LogP contribution in [0, 0.1) is 63.6 Å². The number of aryl methyl sites for hydroxylation is 3. The van der Waals surface area contributed by atoms with Gasteiger partial charge in [0.1, 0.15) is 71.8 Å². The minimum absolute atomic E-state index is 0. The summed E-state index contributed by atoms with van der Waals surface area (Å²) in [4.78, 5) is 151. The Morgan fingerprint density at radius 3 is 1.11 bits per heavy atom. The maximum Gasteiger partial charge on any atom is 0.408 e. The third-order valence-electron chi connectivity index (χ3n) is 26.8. The van der Waals surface area contributed by atoms with Gasteiger partial charge in [-0.25, -0.2) is 63.1 Å². The molecule has 4 saturated carbocycles. The average Bonchev–Trinajstić information content (AvgIpc) is 1.62. The molecule has 4 aliphatic carbocycles. The molecule has 6 aromatic rings. The number of ether oxygens (including phenoxy) is 6. The van der Waals surface area contributed by atoms with Gasteiger partial charge in [-0.2, -0.15) is 0 Å². The number of nitrogens with one attached hydrogen (secondary N) is 3. The van der Waals surface area contributed by atoms with Crippen LogP contribution in [0.4, 0.5) is 14.4 Å². The van der Waals surface area contributed by atoms with E-state index in [9.17, 15) is 43.2 Å². The van der Waals surface area contributed by atoms with Crippen LogP contribution in [0.2, 0.25) is 0 Å². The minimum Gasteiger partial charge on any atom is -0.540 e. The van der Waals surface area contributed by atoms with Crippen LogP contribution in [-0.4, -0.2) is 192 Å². The van der Waals surface area contributed by atoms with E-state index in [1.807, 2.05) is 162 Å². The SMILES string of the molecule is CC[C@@H]1[C@@H]2CN(C(=O)[C@H](C(C)(C)C)NC(=O)O[C@@H]3CC4CC4[C@H]3CCCCCc3nc4ccccc4nc3O2)[C@@H]1[C-]=O.C[C@@H]1[C@@H]2CN(C(=O)[C@H](C(C)(C)C)NC(=O)O[C@@H]3CCC[C@H]3CCCCCc3nc4ccccc4nc3O2)[C@@H]1[C-]=O.C[C@@H]1[C@@H]2CN(C(=O)[C@H](C(C)(C)C)NC(=O)O[C@@H]3C[C@H]3CCCCCc3nc4ccccc4nc3O2)[C@@H]1[C-]=O.[V].[V].[V]. The van der Waals surface area contributed by atoms with Crippen molar-refractivity contribution in [2.24, 2.45) is 63.6 Å². The molecule has 9 heterocycles. The van der Waals surface area contributed by atoms with Gasteiger partial charge in [-0.3, -0.25) is 14.4 Å². The fourth-order valence-corrected chi connectivity index (χ4v) is 19.6. The van der Waals surface area contributed by atoms with Gasteiger partial charge in [-0.05, 0) is 196 Å². The molecule has 3 aromatic heterocycles. The number of hydrogen-bond donors (Lipinski definition) is 3. The third kappa shape index (κ3) is 22.4. The minimum atomic E-state index is -0.878. The Balaban J connectivity index is 0.000000178. The van der Waals surface area contributed by atoms with Gasteiger partial charge < -0.3 is 73.5 Å². The molecular formula is C93H121N12O15V3-3. The van der Waals surface area contributed by atoms with E-state index in [2.05, 4.69) is 28.5 Å². The summed E-state index contributed by atoms with van der Waals surface area (Å²) in [5.74, 6) is 1.78. The first kappa shape index (κ1) is 95.7. The average molecular weight is 1800 g/mol. The molecule has 6 aliphatic heterocycles. The number of hydrogen-bond acceptors (Lipinski definition) is 21. The van der Waals surface area contributed by atoms with Gasteiger partial charge in [-0.15, -0.1) is 0 Å². The molecule has 3 saturated heterocycles. The molecule has 20 atom stereocenters. The molecule has 2 unspecified atom stereocenters. The molecule has 0 spiro atoms. The topological polar surface area (TPSA) is 332 Å². The van der Waals surface area contributed by atoms with Crippen LogP contribution in [0.15, 0.2) is 72.8 Å². The first-order chi connectivity index (χ1) is 57.5. The van der Waals surface area contributed by atoms with Crippen molar-refractivity contribution in [3.63, 3.8) is 0 Å². The quantitative estimate of drug-likeness (QED) is 0.109. The molecule has 30 heteroatoms. The van der Waals surface area contributed by atoms with Crippen molar-refractivity contribution in [3.05, 3.63) is 89.9 Å². The van der Waals surface area contributed by atoms with Crippen molar-refractivity contribution in [2.45, 2.75) is 297 Å². The molecule has 10 aliphatic rings. The second-order valence-electron chi connectivity index (χ2n) is 38.5. The maximum atomic E-state index is 14.1. The molecule has 661 valence electrons. The van der Waals surface area contributed by atoms with Crippen molar-refractivity contribution in [2.75, 3.05) is 19.6 Å². The summed E-state index contributed by atoms with van der Waals surface area (Å²) in [5, 5.41) is 8.56. The molecule has 3 radical (unpaired) electrons. The van der Waals surface area contributed by atoms with Crippen LogP contribution in [0.1, 0.15) is 222 Å². The van der Waals surface area contributed by atoms with Gasteiger partial charge in [0.2, 0.25) is 35.4 Å². The van der Waals surface area contributed by atoms with Gasteiger partial charge in [0.05, 0.1) is 52.7 Å². The number of benzene rings is 3. The second kappa shape index (κ2) is 41.2. The number of nitrogens with zero attached hydrogens (tertiary/aromatic N) is 9. The predicted octanol–water partition coefficient (Wildman–Crippen LogP) is 13.7. The standard InChI is InChI=1S/C33H43N4O5.C31H41N4O5.C29H37N4O5.3V/c1-5-20-26(18-38)37-17-28(20)41-30-25(34-23-12-9-10-13-24(23)35-30)14-8-6-7-11-21-22-15-19(22)16-27(21)42-32(40)36-29(31(37)39)33(2,3)4;1-19-24(18-36)35-17-26(19)39-28-23(32-21-13-8-9-14-22(21)33-28)15-7-5-6-11-20-12-10-16-25(20)40-30(38)34-27(29(35)37)31(2,3)4;1-17-22(16-34)33-15-24(17)37-26-21(30-19-11-8-9-12-20(19)31-26)13-7-5-6-10-18-14-23(18)38-28(36)32-25(27(33)35)29(2,3)4;;;/h9-10,12-13,19-22,26-29H,5-8,11,14-17H2,1-4H3,(H,36,40);8-9,13-14,19-20,24-27H,5-7,10-12,15-17H2,1-4H3,(H,34,38);8-9,11-12,17-18,22-25H,5-7,10,13-15H2,1-4H3,(H,32,36);;;/q3*-1;;;/t19?,20-,21+,22?,26+,27+,28-,29+;19-,20+,24+,25+,26-,27+;17-,18+,22+,23+,24-,25+;;;/m000.../s1. The van der Waals surface area contributed by atoms with Gasteiger partial charge in [-0.1, -0.05) is 183 Å². The fourth-order valence-electron chi connectivity index (χ4n) is 19.6. The molecule has 3 aromatic carbocycles. The molecule has 6 bridgehead atoms. The Morgan fingerprint density at radius 2 is 0.707 bits per heavy atom. The van der Waals surface area contributed by atoms with Gasteiger partial charge >= 0.3 is 18.3 Å². The Morgan fingerprint density at radius 1 is 0.366 bits per heavy atom. The van der Waals surface area contributed by atoms with E-state index in [0.717, 1.165) is 179 Å². The zero-order chi connectivity index (χ0) is 85.1. The largest absolute Gasteiger partial charge is 0.540 e. The van der Waals surface area contributed by atoms with Crippen molar-refractivity contribution in [3.8, 4) is 17.6 Å². The van der Waals surface area contributed by atoms with Gasteiger partial charge in [0.25, 0.3) is 0 Å². The number of aromatic nitrogens is 6. The van der Waals surface area contributed by atoms with Crippen LogP contribution in [-0.2, 0) is 118 Å².